The highest BCUT2D eigenvalue weighted by atomic mass is 35.5. The summed E-state index contributed by atoms with van der Waals surface area (Å²) >= 11 is 0. The van der Waals surface area contributed by atoms with Gasteiger partial charge in [0.15, 0.2) is 0 Å². The molecule has 134 valence electrons. The average Bonchev–Trinajstić information content (AvgIpc) is 2.32. The lowest BCUT2D eigenvalue weighted by Gasteiger charge is -2.20. The quantitative estimate of drug-likeness (QED) is 0.539. The predicted molar refractivity (Wildman–Crippen MR) is 100 cm³/mol. The maximum Gasteiger partial charge on any atom is 0.0823 e. The lowest BCUT2D eigenvalue weighted by atomic mass is 10.3. The molecule has 1 heterocycles. The minimum absolute atomic E-state index is 0. The summed E-state index contributed by atoms with van der Waals surface area (Å²) < 4.78 is 5.81. The van der Waals surface area contributed by atoms with E-state index in [-0.39, 0.29) is 55.7 Å². The normalized spacial score (nSPS) is 17.6. The summed E-state index contributed by atoms with van der Waals surface area (Å²) in [6.07, 6.45) is 3.58. The van der Waals surface area contributed by atoms with Crippen LogP contribution in [0.2, 0.25) is 0 Å². The number of ether oxygens (including phenoxy) is 1. The fourth-order valence-corrected chi connectivity index (χ4v) is 1.85. The van der Waals surface area contributed by atoms with Crippen molar-refractivity contribution in [3.05, 3.63) is 0 Å². The Labute approximate surface area is 153 Å². The molecule has 0 bridgehead atoms. The Morgan fingerprint density at radius 3 is 1.76 bits per heavy atom. The van der Waals surface area contributed by atoms with Gasteiger partial charge in [0, 0.05) is 19.7 Å². The van der Waals surface area contributed by atoms with E-state index in [4.69, 9.17) is 10.5 Å². The molecule has 0 radical (unpaired) electrons. The molecule has 5 nitrogen and oxygen atoms in total. The van der Waals surface area contributed by atoms with Crippen molar-refractivity contribution in [2.24, 2.45) is 5.73 Å². The van der Waals surface area contributed by atoms with Crippen LogP contribution in [0.1, 0.15) is 19.3 Å². The molecule has 21 heavy (non-hydrogen) atoms. The van der Waals surface area contributed by atoms with E-state index in [1.165, 1.54) is 12.8 Å². The molecule has 0 aromatic rings. The number of rotatable bonds is 4. The molecule has 0 atom stereocenters. The van der Waals surface area contributed by atoms with Crippen molar-refractivity contribution in [2.75, 3.05) is 52.4 Å². The van der Waals surface area contributed by atoms with Crippen LogP contribution in [0, 0.1) is 0 Å². The molecule has 0 spiro atoms. The smallest absolute Gasteiger partial charge is 0.0823 e. The first-order valence-corrected chi connectivity index (χ1v) is 6.87. The molecular weight excluding hydrogens is 358 g/mol. The molecular formula is C12H32Cl4N4O. The number of hydrogen-bond donors (Lipinski definition) is 4. The third-order valence-corrected chi connectivity index (χ3v) is 2.86. The van der Waals surface area contributed by atoms with Crippen LogP contribution in [0.3, 0.4) is 0 Å². The average molecular weight is 390 g/mol. The maximum atomic E-state index is 5.81. The van der Waals surface area contributed by atoms with Crippen LogP contribution >= 0.6 is 49.6 Å². The van der Waals surface area contributed by atoms with Crippen LogP contribution in [-0.4, -0.2) is 58.5 Å². The van der Waals surface area contributed by atoms with Gasteiger partial charge in [-0.1, -0.05) is 0 Å². The minimum atomic E-state index is 0. The van der Waals surface area contributed by atoms with E-state index in [0.29, 0.717) is 6.54 Å². The third-order valence-electron chi connectivity index (χ3n) is 2.86. The summed E-state index contributed by atoms with van der Waals surface area (Å²) in [5.41, 5.74) is 5.47. The van der Waals surface area contributed by atoms with Gasteiger partial charge in [-0.25, -0.2) is 0 Å². The van der Waals surface area contributed by atoms with Gasteiger partial charge in [-0.15, -0.1) is 49.6 Å². The first kappa shape index (κ1) is 29.9. The van der Waals surface area contributed by atoms with Crippen LogP contribution in [0.25, 0.3) is 0 Å². The number of hydrogen-bond acceptors (Lipinski definition) is 5. The van der Waals surface area contributed by atoms with Crippen molar-refractivity contribution >= 4 is 49.6 Å². The molecule has 9 heteroatoms. The maximum absolute atomic E-state index is 5.81. The van der Waals surface area contributed by atoms with E-state index >= 15 is 0 Å². The Hall–Kier alpha value is 0.960. The first-order valence-electron chi connectivity index (χ1n) is 6.87. The van der Waals surface area contributed by atoms with Crippen molar-refractivity contribution in [3.8, 4) is 0 Å². The summed E-state index contributed by atoms with van der Waals surface area (Å²) in [6, 6.07) is 0. The van der Waals surface area contributed by atoms with Crippen molar-refractivity contribution in [1.82, 2.24) is 16.0 Å². The van der Waals surface area contributed by atoms with Gasteiger partial charge in [0.2, 0.25) is 0 Å². The standard InChI is InChI=1S/C12H28N4O.4ClH/c13-4-1-9-17-12-10-15-7-2-5-14-6-3-8-16-11-12;;;;/h12,14-16H,1-11,13H2;4*1H. The first-order chi connectivity index (χ1) is 8.43. The van der Waals surface area contributed by atoms with Crippen LogP contribution in [0.5, 0.6) is 0 Å². The summed E-state index contributed by atoms with van der Waals surface area (Å²) in [5.74, 6) is 0. The Kier molecular flexibility index (Phi) is 33.1. The molecule has 0 aliphatic carbocycles. The van der Waals surface area contributed by atoms with Gasteiger partial charge < -0.3 is 26.4 Å². The summed E-state index contributed by atoms with van der Waals surface area (Å²) in [7, 11) is 0. The van der Waals surface area contributed by atoms with Crippen LogP contribution in [0.4, 0.5) is 0 Å². The predicted octanol–water partition coefficient (Wildman–Crippen LogP) is 0.970. The topological polar surface area (TPSA) is 71.3 Å². The zero-order chi connectivity index (χ0) is 12.2. The van der Waals surface area contributed by atoms with E-state index in [2.05, 4.69) is 16.0 Å². The fraction of sp³-hybridized carbons (Fsp3) is 1.00. The summed E-state index contributed by atoms with van der Waals surface area (Å²) in [6.45, 7) is 7.66. The molecule has 0 saturated carbocycles. The van der Waals surface area contributed by atoms with Crippen LogP contribution < -0.4 is 21.7 Å². The second-order valence-electron chi connectivity index (χ2n) is 4.50. The second-order valence-corrected chi connectivity index (χ2v) is 4.50. The van der Waals surface area contributed by atoms with Crippen molar-refractivity contribution < 1.29 is 4.74 Å². The van der Waals surface area contributed by atoms with Gasteiger partial charge in [0.05, 0.1) is 6.10 Å². The molecule has 0 aromatic heterocycles. The Balaban J connectivity index is -0.000000361. The SMILES string of the molecule is Cl.Cl.Cl.Cl.NCCCOC1CNCCCNCCCNC1. The van der Waals surface area contributed by atoms with E-state index in [0.717, 1.165) is 52.3 Å². The lowest BCUT2D eigenvalue weighted by molar-refractivity contribution is 0.0527. The van der Waals surface area contributed by atoms with Crippen LogP contribution in [0.15, 0.2) is 0 Å². The van der Waals surface area contributed by atoms with Crippen LogP contribution in [-0.2, 0) is 4.74 Å². The molecule has 1 aliphatic rings. The van der Waals surface area contributed by atoms with Gasteiger partial charge in [-0.3, -0.25) is 0 Å². The number of nitrogens with one attached hydrogen (secondary N) is 3. The monoisotopic (exact) mass is 388 g/mol. The van der Waals surface area contributed by atoms with E-state index in [9.17, 15) is 0 Å². The minimum Gasteiger partial charge on any atom is -0.376 e. The fourth-order valence-electron chi connectivity index (χ4n) is 1.85. The second kappa shape index (κ2) is 23.2. The highest BCUT2D eigenvalue weighted by Crippen LogP contribution is 1.92. The van der Waals surface area contributed by atoms with Gasteiger partial charge in [0.1, 0.15) is 0 Å². The molecule has 0 amide bonds. The van der Waals surface area contributed by atoms with Gasteiger partial charge in [-0.2, -0.15) is 0 Å². The van der Waals surface area contributed by atoms with E-state index in [1.807, 2.05) is 0 Å². The molecule has 1 rings (SSSR count). The largest absolute Gasteiger partial charge is 0.376 e. The van der Waals surface area contributed by atoms with Gasteiger partial charge >= 0.3 is 0 Å². The molecule has 1 fully saturated rings. The van der Waals surface area contributed by atoms with E-state index in [1.54, 1.807) is 0 Å². The Morgan fingerprint density at radius 2 is 1.29 bits per heavy atom. The van der Waals surface area contributed by atoms with Crippen molar-refractivity contribution in [2.45, 2.75) is 25.4 Å². The van der Waals surface area contributed by atoms with E-state index < -0.39 is 0 Å². The molecule has 1 saturated heterocycles. The zero-order valence-electron chi connectivity index (χ0n) is 12.5. The highest BCUT2D eigenvalue weighted by molar-refractivity contribution is 5.86. The number of halogens is 4. The van der Waals surface area contributed by atoms with Crippen molar-refractivity contribution in [1.29, 1.82) is 0 Å². The zero-order valence-corrected chi connectivity index (χ0v) is 15.7. The Morgan fingerprint density at radius 1 is 0.810 bits per heavy atom. The third kappa shape index (κ3) is 18.9. The molecule has 1 aliphatic heterocycles. The Bertz CT molecular complexity index is 171. The summed E-state index contributed by atoms with van der Waals surface area (Å²) in [4.78, 5) is 0. The van der Waals surface area contributed by atoms with Gasteiger partial charge in [-0.05, 0) is 52.0 Å². The highest BCUT2D eigenvalue weighted by Gasteiger charge is 2.08. The lowest BCUT2D eigenvalue weighted by Crippen LogP contribution is -2.40. The molecule has 0 aromatic carbocycles. The van der Waals surface area contributed by atoms with Gasteiger partial charge in [0.25, 0.3) is 0 Å². The number of nitrogens with two attached hydrogens (primary N) is 1. The summed E-state index contributed by atoms with van der Waals surface area (Å²) in [5, 5.41) is 10.3. The van der Waals surface area contributed by atoms with Crippen molar-refractivity contribution in [3.63, 3.8) is 0 Å². The molecule has 0 unspecified atom stereocenters. The molecule has 5 N–H and O–H groups in total.